The number of hydrogen-bond donors (Lipinski definition) is 2. The monoisotopic (exact) mass is 544 g/mol. The van der Waals surface area contributed by atoms with Crippen molar-refractivity contribution in [3.05, 3.63) is 28.8 Å². The Hall–Kier alpha value is -1.84. The van der Waals surface area contributed by atoms with Gasteiger partial charge in [-0.1, -0.05) is 150 Å². The summed E-state index contributed by atoms with van der Waals surface area (Å²) in [5.74, 6) is -1.40. The van der Waals surface area contributed by atoms with Gasteiger partial charge in [-0.25, -0.2) is 0 Å². The number of benzene rings is 1. The third kappa shape index (κ3) is 13.9. The molecule has 0 fully saturated rings. The molecule has 0 heterocycles. The molecule has 0 radical (unpaired) electrons. The summed E-state index contributed by atoms with van der Waals surface area (Å²) in [5, 5.41) is 20.6. The van der Waals surface area contributed by atoms with Crippen molar-refractivity contribution in [1.29, 1.82) is 0 Å². The Morgan fingerprint density at radius 1 is 0.667 bits per heavy atom. The summed E-state index contributed by atoms with van der Waals surface area (Å²) in [6.07, 6.45) is 19.3. The molecule has 1 aromatic carbocycles. The van der Waals surface area contributed by atoms with Crippen molar-refractivity contribution in [2.75, 3.05) is 0 Å². The maximum Gasteiger partial charge on any atom is 0.304 e. The summed E-state index contributed by atoms with van der Waals surface area (Å²) in [5.41, 5.74) is 1.59. The van der Waals surface area contributed by atoms with E-state index in [-0.39, 0.29) is 28.8 Å². The predicted octanol–water partition coefficient (Wildman–Crippen LogP) is 10.4. The Balaban J connectivity index is 2.55. The van der Waals surface area contributed by atoms with Gasteiger partial charge >= 0.3 is 5.97 Å². The Kier molecular flexibility index (Phi) is 16.0. The molecule has 1 rings (SSSR count). The molecule has 0 aromatic heterocycles. The van der Waals surface area contributed by atoms with Gasteiger partial charge in [0.1, 0.15) is 11.5 Å². The number of carbonyl (C=O) groups excluding carboxylic acids is 1. The molecular formula is C35H60O4. The minimum absolute atomic E-state index is 0.00231. The van der Waals surface area contributed by atoms with Crippen LogP contribution in [0.15, 0.2) is 12.1 Å². The third-order valence-corrected chi connectivity index (χ3v) is 7.94. The summed E-state index contributed by atoms with van der Waals surface area (Å²) < 4.78 is 0. The van der Waals surface area contributed by atoms with Crippen LogP contribution < -0.4 is 0 Å². The van der Waals surface area contributed by atoms with Crippen molar-refractivity contribution in [2.45, 2.75) is 174 Å². The number of ketones is 1. The molecule has 2 N–H and O–H groups in total. The minimum Gasteiger partial charge on any atom is -0.507 e. The van der Waals surface area contributed by atoms with Crippen LogP contribution in [0.2, 0.25) is 0 Å². The molecule has 4 heteroatoms. The molecule has 0 aliphatic carbocycles. The Morgan fingerprint density at radius 3 is 1.36 bits per heavy atom. The predicted molar refractivity (Wildman–Crippen MR) is 165 cm³/mol. The number of phenols is 1. The zero-order valence-electron chi connectivity index (χ0n) is 26.5. The summed E-state index contributed by atoms with van der Waals surface area (Å²) >= 11 is 0. The molecule has 0 aliphatic heterocycles. The van der Waals surface area contributed by atoms with E-state index in [4.69, 9.17) is 0 Å². The lowest BCUT2D eigenvalue weighted by Gasteiger charge is -2.29. The van der Waals surface area contributed by atoms with Crippen molar-refractivity contribution < 1.29 is 19.8 Å². The fourth-order valence-electron chi connectivity index (χ4n) is 5.44. The zero-order chi connectivity index (χ0) is 29.5. The highest BCUT2D eigenvalue weighted by molar-refractivity contribution is 5.89. The molecule has 0 spiro atoms. The van der Waals surface area contributed by atoms with Crippen molar-refractivity contribution in [3.8, 4) is 5.75 Å². The second kappa shape index (κ2) is 17.8. The number of aliphatic carboxylic acids is 1. The first kappa shape index (κ1) is 35.2. The quantitative estimate of drug-likeness (QED) is 0.160. The van der Waals surface area contributed by atoms with Gasteiger partial charge in [-0.15, -0.1) is 0 Å². The Labute approximate surface area is 240 Å². The van der Waals surface area contributed by atoms with Gasteiger partial charge < -0.3 is 10.2 Å². The SMILES string of the molecule is CCCCCCCCCCCCCCCCCC(=O)C(CC(=O)O)c1cc(C(C)(C)C)c(O)c(C(C)(C)C)c1. The lowest BCUT2D eigenvalue weighted by Crippen LogP contribution is -2.21. The van der Waals surface area contributed by atoms with E-state index in [0.717, 1.165) is 36.0 Å². The van der Waals surface area contributed by atoms with Gasteiger partial charge in [-0.3, -0.25) is 9.59 Å². The Morgan fingerprint density at radius 2 is 1.03 bits per heavy atom. The first-order valence-electron chi connectivity index (χ1n) is 15.9. The molecule has 1 aromatic rings. The lowest BCUT2D eigenvalue weighted by molar-refractivity contribution is -0.139. The van der Waals surface area contributed by atoms with E-state index in [1.54, 1.807) is 0 Å². The first-order valence-corrected chi connectivity index (χ1v) is 15.9. The topological polar surface area (TPSA) is 74.6 Å². The molecule has 1 atom stereocenters. The van der Waals surface area contributed by atoms with E-state index in [1.807, 2.05) is 53.7 Å². The largest absolute Gasteiger partial charge is 0.507 e. The van der Waals surface area contributed by atoms with Crippen molar-refractivity contribution in [1.82, 2.24) is 0 Å². The number of Topliss-reactive ketones (excluding diaryl/α,β-unsaturated/α-hetero) is 1. The number of carboxylic acid groups (broad SMARTS) is 1. The second-order valence-corrected chi connectivity index (χ2v) is 13.8. The molecule has 0 saturated heterocycles. The van der Waals surface area contributed by atoms with E-state index in [0.29, 0.717) is 6.42 Å². The molecule has 0 bridgehead atoms. The molecule has 0 amide bonds. The van der Waals surface area contributed by atoms with Crippen molar-refractivity contribution in [3.63, 3.8) is 0 Å². The average molecular weight is 545 g/mol. The van der Waals surface area contributed by atoms with Crippen LogP contribution in [0.1, 0.15) is 180 Å². The summed E-state index contributed by atoms with van der Waals surface area (Å²) in [6, 6.07) is 3.73. The number of aromatic hydroxyl groups is 1. The lowest BCUT2D eigenvalue weighted by atomic mass is 9.76. The van der Waals surface area contributed by atoms with Crippen LogP contribution in [0.5, 0.6) is 5.75 Å². The molecule has 0 aliphatic rings. The van der Waals surface area contributed by atoms with Crippen LogP contribution in [-0.2, 0) is 20.4 Å². The summed E-state index contributed by atoms with van der Waals surface area (Å²) in [7, 11) is 0. The fraction of sp³-hybridized carbons (Fsp3) is 0.771. The molecule has 4 nitrogen and oxygen atoms in total. The van der Waals surface area contributed by atoms with Gasteiger partial charge in [0.05, 0.1) is 12.3 Å². The number of phenolic OH excluding ortho intramolecular Hbond substituents is 1. The van der Waals surface area contributed by atoms with Crippen molar-refractivity contribution >= 4 is 11.8 Å². The van der Waals surface area contributed by atoms with Crippen LogP contribution >= 0.6 is 0 Å². The highest BCUT2D eigenvalue weighted by Gasteiger charge is 2.31. The molecular weight excluding hydrogens is 484 g/mol. The molecule has 1 unspecified atom stereocenters. The van der Waals surface area contributed by atoms with E-state index in [1.165, 1.54) is 77.0 Å². The number of hydrogen-bond acceptors (Lipinski definition) is 3. The van der Waals surface area contributed by atoms with Gasteiger partial charge in [-0.05, 0) is 33.9 Å². The van der Waals surface area contributed by atoms with E-state index < -0.39 is 11.9 Å². The molecule has 0 saturated carbocycles. The van der Waals surface area contributed by atoms with Crippen LogP contribution in [-0.4, -0.2) is 22.0 Å². The van der Waals surface area contributed by atoms with E-state index >= 15 is 0 Å². The van der Waals surface area contributed by atoms with Crippen LogP contribution in [0.3, 0.4) is 0 Å². The summed E-state index contributed by atoms with van der Waals surface area (Å²) in [6.45, 7) is 14.4. The van der Waals surface area contributed by atoms with Crippen LogP contribution in [0.4, 0.5) is 0 Å². The van der Waals surface area contributed by atoms with Crippen LogP contribution in [0, 0.1) is 0 Å². The number of carboxylic acids is 1. The van der Waals surface area contributed by atoms with Crippen LogP contribution in [0.25, 0.3) is 0 Å². The highest BCUT2D eigenvalue weighted by atomic mass is 16.4. The van der Waals surface area contributed by atoms with E-state index in [2.05, 4.69) is 6.92 Å². The van der Waals surface area contributed by atoms with E-state index in [9.17, 15) is 19.8 Å². The second-order valence-electron chi connectivity index (χ2n) is 13.8. The molecule has 224 valence electrons. The van der Waals surface area contributed by atoms with Gasteiger partial charge in [-0.2, -0.15) is 0 Å². The smallest absolute Gasteiger partial charge is 0.304 e. The highest BCUT2D eigenvalue weighted by Crippen LogP contribution is 2.42. The number of rotatable bonds is 20. The van der Waals surface area contributed by atoms with Gasteiger partial charge in [0.2, 0.25) is 0 Å². The normalized spacial score (nSPS) is 13.0. The zero-order valence-corrected chi connectivity index (χ0v) is 26.5. The standard InChI is InChI=1S/C35H60O4/c1-8-9-10-11-12-13-14-15-16-17-18-19-20-21-22-23-31(36)28(26-32(37)38)27-24-29(34(2,3)4)33(39)30(25-27)35(5,6)7/h24-25,28,39H,8-23,26H2,1-7H3,(H,37,38). The Bertz CT molecular complexity index is 821. The maximum absolute atomic E-state index is 13.3. The number of unbranched alkanes of at least 4 members (excludes halogenated alkanes) is 14. The number of carbonyl (C=O) groups is 2. The van der Waals surface area contributed by atoms with Gasteiger partial charge in [0.25, 0.3) is 0 Å². The average Bonchev–Trinajstić information content (AvgIpc) is 2.83. The fourth-order valence-corrected chi connectivity index (χ4v) is 5.44. The van der Waals surface area contributed by atoms with Gasteiger partial charge in [0, 0.05) is 6.42 Å². The maximum atomic E-state index is 13.3. The van der Waals surface area contributed by atoms with Crippen molar-refractivity contribution in [2.24, 2.45) is 0 Å². The van der Waals surface area contributed by atoms with Gasteiger partial charge in [0.15, 0.2) is 0 Å². The third-order valence-electron chi connectivity index (χ3n) is 7.94. The summed E-state index contributed by atoms with van der Waals surface area (Å²) in [4.78, 5) is 25.0. The minimum atomic E-state index is -0.965. The molecule has 39 heavy (non-hydrogen) atoms. The first-order chi connectivity index (χ1) is 18.3.